The van der Waals surface area contributed by atoms with Gasteiger partial charge in [-0.3, -0.25) is 4.79 Å². The second-order valence-electron chi connectivity index (χ2n) is 4.38. The number of carbonyl (C=O) groups excluding carboxylic acids is 1. The first kappa shape index (κ1) is 13.2. The molecule has 18 heavy (non-hydrogen) atoms. The van der Waals surface area contributed by atoms with Crippen LogP contribution in [0.1, 0.15) is 18.4 Å². The summed E-state index contributed by atoms with van der Waals surface area (Å²) in [7, 11) is -3.83. The number of piperidine rings is 1. The zero-order valence-corrected chi connectivity index (χ0v) is 10.8. The van der Waals surface area contributed by atoms with Crippen molar-refractivity contribution in [1.29, 1.82) is 0 Å². The number of ketones is 1. The van der Waals surface area contributed by atoms with Crippen molar-refractivity contribution in [3.63, 3.8) is 0 Å². The summed E-state index contributed by atoms with van der Waals surface area (Å²) in [6, 6.07) is 3.99. The predicted molar refractivity (Wildman–Crippen MR) is 64.1 cm³/mol. The first-order chi connectivity index (χ1) is 8.41. The minimum absolute atomic E-state index is 0.0474. The van der Waals surface area contributed by atoms with Crippen molar-refractivity contribution in [1.82, 2.24) is 4.31 Å². The lowest BCUT2D eigenvalue weighted by atomic mass is 10.1. The molecule has 98 valence electrons. The Balaban J connectivity index is 2.36. The van der Waals surface area contributed by atoms with Crippen molar-refractivity contribution in [3.05, 3.63) is 29.6 Å². The predicted octanol–water partition coefficient (Wildman–Crippen LogP) is 1.49. The number of hydrogen-bond acceptors (Lipinski definition) is 3. The molecule has 0 unspecified atom stereocenters. The minimum Gasteiger partial charge on any atom is -0.300 e. The quantitative estimate of drug-likeness (QED) is 0.819. The number of Topliss-reactive ketones (excluding diaryl/α,β-unsaturated/α-hetero) is 1. The molecule has 0 amide bonds. The summed E-state index contributed by atoms with van der Waals surface area (Å²) >= 11 is 0. The fourth-order valence-electron chi connectivity index (χ4n) is 1.92. The lowest BCUT2D eigenvalue weighted by Gasteiger charge is -2.25. The molecule has 0 saturated carbocycles. The molecule has 1 aromatic carbocycles. The van der Waals surface area contributed by atoms with Crippen LogP contribution >= 0.6 is 0 Å². The highest BCUT2D eigenvalue weighted by molar-refractivity contribution is 7.89. The van der Waals surface area contributed by atoms with E-state index in [0.29, 0.717) is 5.56 Å². The zero-order valence-electron chi connectivity index (χ0n) is 10.0. The molecule has 4 nitrogen and oxygen atoms in total. The number of aryl methyl sites for hydroxylation is 1. The maximum absolute atomic E-state index is 13.6. The summed E-state index contributed by atoms with van der Waals surface area (Å²) in [6.07, 6.45) is 0.402. The van der Waals surface area contributed by atoms with E-state index < -0.39 is 15.8 Å². The van der Waals surface area contributed by atoms with Gasteiger partial charge in [-0.15, -0.1) is 0 Å². The highest BCUT2D eigenvalue weighted by atomic mass is 32.2. The molecule has 0 N–H and O–H groups in total. The Morgan fingerprint density at radius 3 is 2.44 bits per heavy atom. The summed E-state index contributed by atoms with van der Waals surface area (Å²) in [5.74, 6) is -0.705. The maximum atomic E-state index is 13.6. The van der Waals surface area contributed by atoms with Crippen LogP contribution < -0.4 is 0 Å². The maximum Gasteiger partial charge on any atom is 0.246 e. The molecule has 6 heteroatoms. The normalized spacial score (nSPS) is 18.0. The van der Waals surface area contributed by atoms with Crippen molar-refractivity contribution < 1.29 is 17.6 Å². The summed E-state index contributed by atoms with van der Waals surface area (Å²) in [4.78, 5) is 10.8. The van der Waals surface area contributed by atoms with E-state index in [-0.39, 0.29) is 36.6 Å². The lowest BCUT2D eigenvalue weighted by molar-refractivity contribution is -0.120. The Labute approximate surface area is 105 Å². The van der Waals surface area contributed by atoms with E-state index in [1.54, 1.807) is 6.92 Å². The lowest BCUT2D eigenvalue weighted by Crippen LogP contribution is -2.38. The highest BCUT2D eigenvalue weighted by Gasteiger charge is 2.30. The summed E-state index contributed by atoms with van der Waals surface area (Å²) in [5, 5.41) is 0. The molecule has 1 saturated heterocycles. The molecule has 1 aromatic rings. The van der Waals surface area contributed by atoms with Crippen molar-refractivity contribution in [2.45, 2.75) is 24.7 Å². The van der Waals surface area contributed by atoms with Crippen LogP contribution in [0.5, 0.6) is 0 Å². The van der Waals surface area contributed by atoms with E-state index in [0.717, 1.165) is 6.07 Å². The van der Waals surface area contributed by atoms with E-state index in [4.69, 9.17) is 0 Å². The monoisotopic (exact) mass is 271 g/mol. The number of nitrogens with zero attached hydrogens (tertiary/aromatic N) is 1. The number of rotatable bonds is 2. The van der Waals surface area contributed by atoms with E-state index in [1.165, 1.54) is 16.4 Å². The van der Waals surface area contributed by atoms with Crippen molar-refractivity contribution in [2.24, 2.45) is 0 Å². The first-order valence-corrected chi connectivity index (χ1v) is 7.13. The largest absolute Gasteiger partial charge is 0.300 e. The van der Waals surface area contributed by atoms with Gasteiger partial charge in [0.25, 0.3) is 0 Å². The fourth-order valence-corrected chi connectivity index (χ4v) is 3.51. The van der Waals surface area contributed by atoms with Gasteiger partial charge in [0.2, 0.25) is 10.0 Å². The number of sulfonamides is 1. The van der Waals surface area contributed by atoms with E-state index in [1.807, 2.05) is 0 Å². The molecule has 0 spiro atoms. The summed E-state index contributed by atoms with van der Waals surface area (Å²) in [6.45, 7) is 1.97. The Bertz CT molecular complexity index is 573. The Hall–Kier alpha value is -1.27. The summed E-state index contributed by atoms with van der Waals surface area (Å²) in [5.41, 5.74) is 0.683. The Morgan fingerprint density at radius 1 is 1.22 bits per heavy atom. The van der Waals surface area contributed by atoms with Gasteiger partial charge in [0, 0.05) is 25.9 Å². The molecule has 1 heterocycles. The number of hydrogen-bond donors (Lipinski definition) is 0. The Kier molecular flexibility index (Phi) is 3.49. The van der Waals surface area contributed by atoms with E-state index >= 15 is 0 Å². The first-order valence-electron chi connectivity index (χ1n) is 5.69. The third-order valence-corrected chi connectivity index (χ3v) is 4.90. The van der Waals surface area contributed by atoms with Gasteiger partial charge in [0.1, 0.15) is 16.5 Å². The van der Waals surface area contributed by atoms with Gasteiger partial charge in [0.05, 0.1) is 0 Å². The van der Waals surface area contributed by atoms with Crippen LogP contribution in [0.15, 0.2) is 23.1 Å². The van der Waals surface area contributed by atoms with Gasteiger partial charge in [-0.25, -0.2) is 12.8 Å². The second-order valence-corrected chi connectivity index (χ2v) is 6.28. The second kappa shape index (κ2) is 4.78. The number of benzene rings is 1. The van der Waals surface area contributed by atoms with E-state index in [9.17, 15) is 17.6 Å². The highest BCUT2D eigenvalue weighted by Crippen LogP contribution is 2.22. The van der Waals surface area contributed by atoms with Crippen LogP contribution in [0, 0.1) is 12.7 Å². The average molecular weight is 271 g/mol. The fraction of sp³-hybridized carbons (Fsp3) is 0.417. The third-order valence-electron chi connectivity index (χ3n) is 2.98. The van der Waals surface area contributed by atoms with Crippen LogP contribution in [0.3, 0.4) is 0 Å². The average Bonchev–Trinajstić information content (AvgIpc) is 2.32. The molecule has 0 aliphatic carbocycles. The van der Waals surface area contributed by atoms with Crippen molar-refractivity contribution in [2.75, 3.05) is 13.1 Å². The van der Waals surface area contributed by atoms with Gasteiger partial charge in [-0.1, -0.05) is 6.07 Å². The Morgan fingerprint density at radius 2 is 1.83 bits per heavy atom. The van der Waals surface area contributed by atoms with Crippen LogP contribution in [-0.4, -0.2) is 31.6 Å². The molecule has 1 aliphatic rings. The van der Waals surface area contributed by atoms with Gasteiger partial charge in [-0.2, -0.15) is 4.31 Å². The van der Waals surface area contributed by atoms with Crippen LogP contribution in [-0.2, 0) is 14.8 Å². The third kappa shape index (κ3) is 2.44. The molecule has 0 bridgehead atoms. The zero-order chi connectivity index (χ0) is 13.3. The SMILES string of the molecule is Cc1ccc(F)c(S(=O)(=O)N2CCC(=O)CC2)c1. The van der Waals surface area contributed by atoms with Crippen molar-refractivity contribution >= 4 is 15.8 Å². The van der Waals surface area contributed by atoms with Crippen LogP contribution in [0.25, 0.3) is 0 Å². The number of halogens is 1. The van der Waals surface area contributed by atoms with Gasteiger partial charge < -0.3 is 0 Å². The molecule has 0 radical (unpaired) electrons. The molecule has 0 atom stereocenters. The molecular formula is C12H14FNO3S. The van der Waals surface area contributed by atoms with Gasteiger partial charge in [0.15, 0.2) is 0 Å². The molecule has 0 aromatic heterocycles. The minimum atomic E-state index is -3.83. The van der Waals surface area contributed by atoms with Gasteiger partial charge >= 0.3 is 0 Å². The molecular weight excluding hydrogens is 257 g/mol. The smallest absolute Gasteiger partial charge is 0.246 e. The molecule has 2 rings (SSSR count). The number of carbonyl (C=O) groups is 1. The van der Waals surface area contributed by atoms with E-state index in [2.05, 4.69) is 0 Å². The molecule has 1 aliphatic heterocycles. The summed E-state index contributed by atoms with van der Waals surface area (Å²) < 4.78 is 39.3. The van der Waals surface area contributed by atoms with Crippen LogP contribution in [0.4, 0.5) is 4.39 Å². The van der Waals surface area contributed by atoms with Crippen molar-refractivity contribution in [3.8, 4) is 0 Å². The topological polar surface area (TPSA) is 54.5 Å². The molecule has 1 fully saturated rings. The standard InChI is InChI=1S/C12H14FNO3S/c1-9-2-3-11(13)12(8-9)18(16,17)14-6-4-10(15)5-7-14/h2-3,8H,4-7H2,1H3. The van der Waals surface area contributed by atoms with Crippen LogP contribution in [0.2, 0.25) is 0 Å². The van der Waals surface area contributed by atoms with Gasteiger partial charge in [-0.05, 0) is 24.6 Å².